The number of benzene rings is 1. The number of nitrogens with zero attached hydrogens (tertiary/aromatic N) is 1. The van der Waals surface area contributed by atoms with Crippen LogP contribution in [-0.2, 0) is 9.59 Å². The minimum Gasteiger partial charge on any atom is -0.481 e. The van der Waals surface area contributed by atoms with E-state index < -0.39 is 17.8 Å². The van der Waals surface area contributed by atoms with Crippen molar-refractivity contribution in [2.24, 2.45) is 23.7 Å². The number of nitrogens with one attached hydrogen (secondary N) is 1. The summed E-state index contributed by atoms with van der Waals surface area (Å²) in [7, 11) is 0. The molecular formula is C18H18N2O3S. The second kappa shape index (κ2) is 5.41. The molecule has 2 bridgehead atoms. The first kappa shape index (κ1) is 15.3. The van der Waals surface area contributed by atoms with Gasteiger partial charge in [-0.15, -0.1) is 0 Å². The predicted octanol–water partition coefficient (Wildman–Crippen LogP) is 3.37. The van der Waals surface area contributed by atoms with E-state index in [1.807, 2.05) is 38.1 Å². The Labute approximate surface area is 143 Å². The zero-order chi connectivity index (χ0) is 17.0. The van der Waals surface area contributed by atoms with Crippen LogP contribution in [0.2, 0.25) is 0 Å². The zero-order valence-corrected chi connectivity index (χ0v) is 14.3. The summed E-state index contributed by atoms with van der Waals surface area (Å²) in [4.78, 5) is 28.8. The van der Waals surface area contributed by atoms with Crippen LogP contribution in [0, 0.1) is 37.5 Å². The number of rotatable bonds is 3. The molecule has 4 atom stereocenters. The molecule has 1 aromatic heterocycles. The average Bonchev–Trinajstić information content (AvgIpc) is 3.24. The number of carboxylic acids is 1. The third-order valence-electron chi connectivity index (χ3n) is 5.36. The van der Waals surface area contributed by atoms with Crippen molar-refractivity contribution in [3.8, 4) is 0 Å². The first-order valence-electron chi connectivity index (χ1n) is 8.04. The molecule has 2 aliphatic rings. The first-order valence-corrected chi connectivity index (χ1v) is 8.86. The lowest BCUT2D eigenvalue weighted by molar-refractivity contribution is -0.146. The van der Waals surface area contributed by atoms with Gasteiger partial charge in [0, 0.05) is 0 Å². The molecule has 1 aromatic carbocycles. The fraction of sp³-hybridized carbons (Fsp3) is 0.389. The number of hydrogen-bond donors (Lipinski definition) is 2. The van der Waals surface area contributed by atoms with Crippen LogP contribution in [-0.4, -0.2) is 22.0 Å². The number of allylic oxidation sites excluding steroid dienone is 2. The molecule has 0 saturated heterocycles. The Balaban J connectivity index is 1.61. The molecular weight excluding hydrogens is 324 g/mol. The second-order valence-electron chi connectivity index (χ2n) is 6.70. The first-order chi connectivity index (χ1) is 11.5. The van der Waals surface area contributed by atoms with Gasteiger partial charge < -0.3 is 10.4 Å². The van der Waals surface area contributed by atoms with Gasteiger partial charge in [-0.2, -0.15) is 0 Å². The normalized spacial score (nSPS) is 27.8. The topological polar surface area (TPSA) is 79.3 Å². The molecule has 1 amide bonds. The van der Waals surface area contributed by atoms with E-state index in [1.165, 1.54) is 11.3 Å². The third kappa shape index (κ3) is 2.24. The molecule has 0 spiro atoms. The van der Waals surface area contributed by atoms with Crippen molar-refractivity contribution in [2.75, 3.05) is 5.32 Å². The van der Waals surface area contributed by atoms with Gasteiger partial charge in [0.25, 0.3) is 0 Å². The molecule has 1 fully saturated rings. The highest BCUT2D eigenvalue weighted by molar-refractivity contribution is 7.22. The van der Waals surface area contributed by atoms with Gasteiger partial charge in [0.2, 0.25) is 5.91 Å². The van der Waals surface area contributed by atoms with Crippen molar-refractivity contribution in [1.29, 1.82) is 0 Å². The fourth-order valence-electron chi connectivity index (χ4n) is 3.98. The molecule has 5 nitrogen and oxygen atoms in total. The van der Waals surface area contributed by atoms with Crippen molar-refractivity contribution >= 4 is 38.6 Å². The highest BCUT2D eigenvalue weighted by Crippen LogP contribution is 2.48. The van der Waals surface area contributed by atoms with E-state index in [-0.39, 0.29) is 17.7 Å². The van der Waals surface area contributed by atoms with Crippen LogP contribution in [0.3, 0.4) is 0 Å². The number of aromatic nitrogens is 1. The van der Waals surface area contributed by atoms with E-state index in [9.17, 15) is 14.7 Å². The number of carbonyl (C=O) groups is 2. The van der Waals surface area contributed by atoms with E-state index in [1.54, 1.807) is 0 Å². The van der Waals surface area contributed by atoms with Crippen LogP contribution in [0.1, 0.15) is 17.5 Å². The van der Waals surface area contributed by atoms with Gasteiger partial charge in [0.15, 0.2) is 5.13 Å². The van der Waals surface area contributed by atoms with E-state index in [4.69, 9.17) is 0 Å². The van der Waals surface area contributed by atoms with E-state index in [0.29, 0.717) is 5.13 Å². The minimum absolute atomic E-state index is 0.0226. The number of thiazole rings is 1. The SMILES string of the molecule is Cc1ccc2sc(NC(=O)C3C4C=CC(C4)C3C(=O)O)nc2c1C. The average molecular weight is 342 g/mol. The molecule has 0 aliphatic heterocycles. The molecule has 1 saturated carbocycles. The lowest BCUT2D eigenvalue weighted by Gasteiger charge is -2.23. The van der Waals surface area contributed by atoms with Crippen LogP contribution in [0.15, 0.2) is 24.3 Å². The molecule has 1 heterocycles. The molecule has 24 heavy (non-hydrogen) atoms. The van der Waals surface area contributed by atoms with Crippen molar-refractivity contribution < 1.29 is 14.7 Å². The number of amides is 1. The molecule has 2 N–H and O–H groups in total. The fourth-order valence-corrected chi connectivity index (χ4v) is 4.91. The molecule has 4 unspecified atom stereocenters. The van der Waals surface area contributed by atoms with Crippen LogP contribution >= 0.6 is 11.3 Å². The predicted molar refractivity (Wildman–Crippen MR) is 93.1 cm³/mol. The summed E-state index contributed by atoms with van der Waals surface area (Å²) >= 11 is 1.43. The van der Waals surface area contributed by atoms with Crippen LogP contribution < -0.4 is 5.32 Å². The van der Waals surface area contributed by atoms with Crippen molar-refractivity contribution in [3.63, 3.8) is 0 Å². The number of carbonyl (C=O) groups excluding carboxylic acids is 1. The monoisotopic (exact) mass is 342 g/mol. The number of carboxylic acid groups (broad SMARTS) is 1. The van der Waals surface area contributed by atoms with Gasteiger partial charge in [-0.3, -0.25) is 9.59 Å². The van der Waals surface area contributed by atoms with Gasteiger partial charge in [-0.05, 0) is 49.3 Å². The van der Waals surface area contributed by atoms with Gasteiger partial charge >= 0.3 is 5.97 Å². The van der Waals surface area contributed by atoms with E-state index in [2.05, 4.69) is 10.3 Å². The summed E-state index contributed by atoms with van der Waals surface area (Å²) in [6.07, 6.45) is 4.68. The van der Waals surface area contributed by atoms with E-state index >= 15 is 0 Å². The summed E-state index contributed by atoms with van der Waals surface area (Å²) in [6.45, 7) is 4.05. The number of aliphatic carboxylic acids is 1. The molecule has 2 aliphatic carbocycles. The maximum Gasteiger partial charge on any atom is 0.307 e. The summed E-state index contributed by atoms with van der Waals surface area (Å²) in [5.41, 5.74) is 3.17. The molecule has 124 valence electrons. The van der Waals surface area contributed by atoms with Gasteiger partial charge in [-0.1, -0.05) is 29.6 Å². The highest BCUT2D eigenvalue weighted by atomic mass is 32.1. The Morgan fingerprint density at radius 3 is 2.62 bits per heavy atom. The van der Waals surface area contributed by atoms with Crippen molar-refractivity contribution in [1.82, 2.24) is 4.98 Å². The van der Waals surface area contributed by atoms with Crippen LogP contribution in [0.5, 0.6) is 0 Å². The van der Waals surface area contributed by atoms with E-state index in [0.717, 1.165) is 27.8 Å². The molecule has 6 heteroatoms. The zero-order valence-electron chi connectivity index (χ0n) is 13.4. The van der Waals surface area contributed by atoms with Crippen LogP contribution in [0.4, 0.5) is 5.13 Å². The Morgan fingerprint density at radius 2 is 1.92 bits per heavy atom. The Morgan fingerprint density at radius 1 is 1.21 bits per heavy atom. The Bertz CT molecular complexity index is 886. The smallest absolute Gasteiger partial charge is 0.307 e. The summed E-state index contributed by atoms with van der Waals surface area (Å²) in [5, 5.41) is 12.9. The highest BCUT2D eigenvalue weighted by Gasteiger charge is 2.51. The molecule has 0 radical (unpaired) electrons. The molecule has 4 rings (SSSR count). The quantitative estimate of drug-likeness (QED) is 0.838. The number of anilines is 1. The summed E-state index contributed by atoms with van der Waals surface area (Å²) < 4.78 is 1.02. The number of fused-ring (bicyclic) bond motifs is 3. The lowest BCUT2D eigenvalue weighted by atomic mass is 9.82. The standard InChI is InChI=1S/C18H18N2O3S/c1-8-3-6-12-15(9(8)2)19-18(24-12)20-16(21)13-10-4-5-11(7-10)14(13)17(22)23/h3-6,10-11,13-14H,7H2,1-2H3,(H,22,23)(H,19,20,21). The second-order valence-corrected chi connectivity index (χ2v) is 7.73. The van der Waals surface area contributed by atoms with Crippen LogP contribution in [0.25, 0.3) is 10.2 Å². The maximum absolute atomic E-state index is 12.7. The van der Waals surface area contributed by atoms with Crippen molar-refractivity contribution in [2.45, 2.75) is 20.3 Å². The minimum atomic E-state index is -0.886. The summed E-state index contributed by atoms with van der Waals surface area (Å²) in [5.74, 6) is -2.25. The van der Waals surface area contributed by atoms with Gasteiger partial charge in [0.05, 0.1) is 22.1 Å². The van der Waals surface area contributed by atoms with Gasteiger partial charge in [0.1, 0.15) is 0 Å². The molecule has 2 aromatic rings. The van der Waals surface area contributed by atoms with Gasteiger partial charge in [-0.25, -0.2) is 4.98 Å². The third-order valence-corrected chi connectivity index (χ3v) is 6.30. The number of aryl methyl sites for hydroxylation is 2. The lowest BCUT2D eigenvalue weighted by Crippen LogP contribution is -2.36. The Kier molecular flexibility index (Phi) is 3.46. The Hall–Kier alpha value is -2.21. The maximum atomic E-state index is 12.7. The number of hydrogen-bond acceptors (Lipinski definition) is 4. The largest absolute Gasteiger partial charge is 0.481 e. The van der Waals surface area contributed by atoms with Crippen molar-refractivity contribution in [3.05, 3.63) is 35.4 Å². The summed E-state index contributed by atoms with van der Waals surface area (Å²) in [6, 6.07) is 4.05.